The predicted octanol–water partition coefficient (Wildman–Crippen LogP) is 2.53. The van der Waals surface area contributed by atoms with Gasteiger partial charge in [0.05, 0.1) is 6.07 Å². The summed E-state index contributed by atoms with van der Waals surface area (Å²) in [6.45, 7) is 0. The maximum atomic E-state index is 9.01. The van der Waals surface area contributed by atoms with Crippen LogP contribution >= 0.6 is 0 Å². The minimum absolute atomic E-state index is 0.00116. The number of nitrogens with zero attached hydrogens (tertiary/aromatic N) is 1. The lowest BCUT2D eigenvalue weighted by atomic mass is 9.36. The van der Waals surface area contributed by atoms with Gasteiger partial charge in [-0.1, -0.05) is 31.5 Å². The van der Waals surface area contributed by atoms with Crippen LogP contribution in [0.5, 0.6) is 0 Å². The van der Waals surface area contributed by atoms with E-state index in [-0.39, 0.29) is 5.31 Å². The monoisotopic (exact) mass is 146 g/mol. The fourth-order valence-electron chi connectivity index (χ4n) is 2.56. The van der Waals surface area contributed by atoms with Crippen LogP contribution in [0.15, 0.2) is 0 Å². The summed E-state index contributed by atoms with van der Waals surface area (Å²) in [5.41, 5.74) is 0. The van der Waals surface area contributed by atoms with Gasteiger partial charge in [0.2, 0.25) is 0 Å². The number of fused-ring (bicyclic) bond motifs is 2. The van der Waals surface area contributed by atoms with E-state index >= 15 is 0 Å². The number of hydrogen-bond acceptors (Lipinski definition) is 1. The molecule has 2 bridgehead atoms. The van der Waals surface area contributed by atoms with E-state index in [1.54, 1.807) is 0 Å². The fourth-order valence-corrected chi connectivity index (χ4v) is 2.56. The lowest BCUT2D eigenvalue weighted by molar-refractivity contribution is 0.404. The van der Waals surface area contributed by atoms with Crippen LogP contribution in [0.3, 0.4) is 0 Å². The van der Waals surface area contributed by atoms with Gasteiger partial charge in [0.1, 0.15) is 7.28 Å². The largest absolute Gasteiger partial charge is 0.199 e. The van der Waals surface area contributed by atoms with E-state index in [1.165, 1.54) is 25.7 Å². The van der Waals surface area contributed by atoms with Crippen LogP contribution in [0.25, 0.3) is 0 Å². The van der Waals surface area contributed by atoms with E-state index in [2.05, 4.69) is 13.3 Å². The minimum atomic E-state index is 0.00116. The van der Waals surface area contributed by atoms with E-state index in [1.807, 2.05) is 0 Å². The average molecular weight is 146 g/mol. The summed E-state index contributed by atoms with van der Waals surface area (Å²) in [6, 6.07) is 2.49. The Labute approximate surface area is 69.0 Å². The molecule has 0 atom stereocenters. The molecule has 0 saturated carbocycles. The van der Waals surface area contributed by atoms with E-state index in [0.29, 0.717) is 0 Å². The van der Waals surface area contributed by atoms with Gasteiger partial charge in [-0.2, -0.15) is 5.26 Å². The molecule has 2 rings (SSSR count). The van der Waals surface area contributed by atoms with E-state index in [4.69, 9.17) is 5.26 Å². The Morgan fingerprint density at radius 1 is 1.27 bits per heavy atom. The highest BCUT2D eigenvalue weighted by molar-refractivity contribution is 6.44. The molecule has 0 aromatic carbocycles. The molecule has 1 radical (unpaired) electrons. The summed E-state index contributed by atoms with van der Waals surface area (Å²) in [5.74, 6) is 0.775. The SMILES string of the molecule is N#CC12[B]C(CCC1)CCC2. The molecule has 0 spiro atoms. The quantitative estimate of drug-likeness (QED) is 0.481. The van der Waals surface area contributed by atoms with Crippen molar-refractivity contribution in [2.24, 2.45) is 0 Å². The fraction of sp³-hybridized carbons (Fsp3) is 0.889. The van der Waals surface area contributed by atoms with Crippen molar-refractivity contribution in [1.29, 1.82) is 5.26 Å². The summed E-state index contributed by atoms with van der Waals surface area (Å²) in [7, 11) is 2.33. The summed E-state index contributed by atoms with van der Waals surface area (Å²) in [4.78, 5) is 0. The Balaban J connectivity index is 2.15. The van der Waals surface area contributed by atoms with Crippen LogP contribution in [0.4, 0.5) is 0 Å². The topological polar surface area (TPSA) is 23.8 Å². The Morgan fingerprint density at radius 3 is 2.36 bits per heavy atom. The third kappa shape index (κ3) is 1.17. The summed E-state index contributed by atoms with van der Waals surface area (Å²) >= 11 is 0. The molecule has 0 aliphatic carbocycles. The Bertz CT molecular complexity index is 184. The third-order valence-electron chi connectivity index (χ3n) is 3.17. The van der Waals surface area contributed by atoms with Gasteiger partial charge in [-0.15, -0.1) is 0 Å². The lowest BCUT2D eigenvalue weighted by Gasteiger charge is -2.39. The summed E-state index contributed by atoms with van der Waals surface area (Å²) < 4.78 is 0. The zero-order valence-electron chi connectivity index (χ0n) is 6.84. The van der Waals surface area contributed by atoms with Gasteiger partial charge in [-0.05, 0) is 12.8 Å². The molecule has 2 saturated heterocycles. The second-order valence-corrected chi connectivity index (χ2v) is 3.98. The molecule has 57 valence electrons. The average Bonchev–Trinajstić information content (AvgIpc) is 2.05. The molecule has 0 aromatic heterocycles. The Kier molecular flexibility index (Phi) is 1.67. The van der Waals surface area contributed by atoms with Gasteiger partial charge < -0.3 is 0 Å². The number of nitriles is 1. The van der Waals surface area contributed by atoms with Crippen molar-refractivity contribution < 1.29 is 0 Å². The molecule has 2 heterocycles. The Morgan fingerprint density at radius 2 is 1.91 bits per heavy atom. The predicted molar refractivity (Wildman–Crippen MR) is 45.5 cm³/mol. The first-order valence-corrected chi connectivity index (χ1v) is 4.62. The van der Waals surface area contributed by atoms with Crippen molar-refractivity contribution in [3.63, 3.8) is 0 Å². The van der Waals surface area contributed by atoms with Crippen LogP contribution in [0.1, 0.15) is 38.5 Å². The van der Waals surface area contributed by atoms with Gasteiger partial charge in [0.15, 0.2) is 0 Å². The smallest absolute Gasteiger partial charge is 0.141 e. The highest BCUT2D eigenvalue weighted by Gasteiger charge is 2.39. The first kappa shape index (κ1) is 7.22. The van der Waals surface area contributed by atoms with Gasteiger partial charge in [-0.25, -0.2) is 0 Å². The second kappa shape index (κ2) is 2.55. The van der Waals surface area contributed by atoms with E-state index in [9.17, 15) is 0 Å². The highest BCUT2D eigenvalue weighted by Crippen LogP contribution is 2.50. The maximum absolute atomic E-state index is 9.01. The molecule has 0 aromatic rings. The van der Waals surface area contributed by atoms with Gasteiger partial charge in [-0.3, -0.25) is 0 Å². The zero-order chi connectivity index (χ0) is 7.73. The van der Waals surface area contributed by atoms with Crippen LogP contribution < -0.4 is 0 Å². The standard InChI is InChI=1S/C9H13BN/c11-7-9-5-1-3-8(10-9)4-2-6-9/h8H,1-6H2. The first-order valence-electron chi connectivity index (χ1n) is 4.62. The van der Waals surface area contributed by atoms with Crippen molar-refractivity contribution in [2.75, 3.05) is 0 Å². The van der Waals surface area contributed by atoms with Crippen molar-refractivity contribution in [3.8, 4) is 6.07 Å². The molecule has 2 aliphatic heterocycles. The molecule has 11 heavy (non-hydrogen) atoms. The zero-order valence-corrected chi connectivity index (χ0v) is 6.84. The first-order chi connectivity index (χ1) is 5.35. The van der Waals surface area contributed by atoms with E-state index in [0.717, 1.165) is 18.7 Å². The van der Waals surface area contributed by atoms with Crippen molar-refractivity contribution in [2.45, 2.75) is 49.7 Å². The summed E-state index contributed by atoms with van der Waals surface area (Å²) in [6.07, 6.45) is 7.47. The summed E-state index contributed by atoms with van der Waals surface area (Å²) in [5, 5.41) is 9.01. The number of hydrogen-bond donors (Lipinski definition) is 0. The van der Waals surface area contributed by atoms with Gasteiger partial charge >= 0.3 is 0 Å². The second-order valence-electron chi connectivity index (χ2n) is 3.98. The Hall–Kier alpha value is -0.445. The third-order valence-corrected chi connectivity index (χ3v) is 3.17. The van der Waals surface area contributed by atoms with Gasteiger partial charge in [0, 0.05) is 5.31 Å². The molecule has 2 heteroatoms. The lowest BCUT2D eigenvalue weighted by Crippen LogP contribution is -2.31. The van der Waals surface area contributed by atoms with E-state index < -0.39 is 0 Å². The molecule has 2 aliphatic rings. The number of rotatable bonds is 0. The minimum Gasteiger partial charge on any atom is -0.199 e. The van der Waals surface area contributed by atoms with Crippen LogP contribution in [-0.2, 0) is 0 Å². The van der Waals surface area contributed by atoms with Gasteiger partial charge in [0.25, 0.3) is 0 Å². The maximum Gasteiger partial charge on any atom is 0.141 e. The highest BCUT2D eigenvalue weighted by atomic mass is 14.4. The molecule has 2 fully saturated rings. The van der Waals surface area contributed by atoms with Crippen LogP contribution in [0.2, 0.25) is 11.1 Å². The van der Waals surface area contributed by atoms with Crippen molar-refractivity contribution in [3.05, 3.63) is 0 Å². The van der Waals surface area contributed by atoms with Crippen LogP contribution in [0, 0.1) is 11.3 Å². The normalized spacial score (nSPS) is 42.3. The van der Waals surface area contributed by atoms with Crippen LogP contribution in [-0.4, -0.2) is 7.28 Å². The van der Waals surface area contributed by atoms with Crippen molar-refractivity contribution in [1.82, 2.24) is 0 Å². The molecule has 0 unspecified atom stereocenters. The molecule has 0 N–H and O–H groups in total. The molecular weight excluding hydrogens is 133 g/mol. The molecular formula is C9H13BN. The molecule has 0 amide bonds. The molecule has 1 nitrogen and oxygen atoms in total. The van der Waals surface area contributed by atoms with Crippen molar-refractivity contribution >= 4 is 7.28 Å².